The number of hydrogen-bond donors (Lipinski definition) is 3. The highest BCUT2D eigenvalue weighted by molar-refractivity contribution is 7.92. The Hall–Kier alpha value is -3.27. The van der Waals surface area contributed by atoms with Gasteiger partial charge in [-0.3, -0.25) is 0 Å². The van der Waals surface area contributed by atoms with Crippen LogP contribution in [0, 0.1) is 0 Å². The molecule has 0 saturated heterocycles. The van der Waals surface area contributed by atoms with E-state index in [1.54, 1.807) is 53.8 Å². The van der Waals surface area contributed by atoms with Crippen LogP contribution < -0.4 is 16.0 Å². The van der Waals surface area contributed by atoms with Crippen LogP contribution in [0.25, 0.3) is 0 Å². The van der Waals surface area contributed by atoms with Crippen LogP contribution in [0.3, 0.4) is 0 Å². The van der Waals surface area contributed by atoms with E-state index < -0.39 is 15.2 Å². The van der Waals surface area contributed by atoms with Crippen LogP contribution >= 0.6 is 23.2 Å². The first-order valence-corrected chi connectivity index (χ1v) is 13.1. The topological polar surface area (TPSA) is 101 Å². The normalized spacial score (nSPS) is 12.2. The summed E-state index contributed by atoms with van der Waals surface area (Å²) in [5.41, 5.74) is 1.52. The molecule has 0 aliphatic rings. The van der Waals surface area contributed by atoms with Crippen molar-refractivity contribution in [1.29, 1.82) is 0 Å². The van der Waals surface area contributed by atoms with Gasteiger partial charge in [0, 0.05) is 47.4 Å². The van der Waals surface area contributed by atoms with Crippen LogP contribution in [0.15, 0.2) is 90.5 Å². The van der Waals surface area contributed by atoms with Gasteiger partial charge in [-0.25, -0.2) is 18.4 Å². The highest BCUT2D eigenvalue weighted by Crippen LogP contribution is 2.25. The van der Waals surface area contributed by atoms with Gasteiger partial charge in [-0.2, -0.15) is 0 Å². The van der Waals surface area contributed by atoms with E-state index in [1.165, 1.54) is 12.1 Å². The van der Waals surface area contributed by atoms with Gasteiger partial charge < -0.3 is 20.5 Å². The summed E-state index contributed by atoms with van der Waals surface area (Å²) in [5, 5.41) is 9.90. The van der Waals surface area contributed by atoms with Gasteiger partial charge in [0.15, 0.2) is 5.37 Å². The molecule has 11 heteroatoms. The van der Waals surface area contributed by atoms with E-state index in [-0.39, 0.29) is 11.4 Å². The van der Waals surface area contributed by atoms with Crippen molar-refractivity contribution in [2.24, 2.45) is 0 Å². The molecule has 0 saturated carbocycles. The Balaban J connectivity index is 1.49. The summed E-state index contributed by atoms with van der Waals surface area (Å²) in [6.07, 6.45) is 6.56. The number of hydrogen-bond acceptors (Lipinski definition) is 7. The summed E-state index contributed by atoms with van der Waals surface area (Å²) in [5.74, 6) is 0.548. The van der Waals surface area contributed by atoms with Crippen LogP contribution in [0.2, 0.25) is 10.0 Å². The van der Waals surface area contributed by atoms with Crippen molar-refractivity contribution >= 4 is 50.2 Å². The molecule has 1 unspecified atom stereocenters. The molecule has 0 aliphatic heterocycles. The number of anilines is 3. The Kier molecular flexibility index (Phi) is 8.12. The predicted octanol–water partition coefficient (Wildman–Crippen LogP) is 5.02. The minimum Gasteiger partial charge on any atom is -0.383 e. The molecule has 2 aromatic heterocycles. The lowest BCUT2D eigenvalue weighted by molar-refractivity contribution is 0.568. The second-order valence-corrected chi connectivity index (χ2v) is 10.7. The van der Waals surface area contributed by atoms with Gasteiger partial charge in [-0.1, -0.05) is 23.2 Å². The third kappa shape index (κ3) is 6.66. The maximum atomic E-state index is 13.5. The Bertz CT molecular complexity index is 1330. The molecular weight excluding hydrogens is 507 g/mol. The van der Waals surface area contributed by atoms with Crippen molar-refractivity contribution in [3.8, 4) is 0 Å². The quantitative estimate of drug-likeness (QED) is 0.234. The van der Waals surface area contributed by atoms with E-state index in [9.17, 15) is 8.42 Å². The lowest BCUT2D eigenvalue weighted by atomic mass is 10.3. The minimum atomic E-state index is -3.77. The third-order valence-corrected chi connectivity index (χ3v) is 7.62. The van der Waals surface area contributed by atoms with Crippen molar-refractivity contribution in [2.45, 2.75) is 16.8 Å². The van der Waals surface area contributed by atoms with Gasteiger partial charge in [0.05, 0.1) is 23.5 Å². The van der Waals surface area contributed by atoms with E-state index in [0.717, 1.165) is 5.69 Å². The molecule has 0 radical (unpaired) electrons. The van der Waals surface area contributed by atoms with E-state index >= 15 is 0 Å². The molecule has 2 aromatic carbocycles. The zero-order valence-corrected chi connectivity index (χ0v) is 20.9. The number of halogens is 2. The number of aromatic nitrogens is 3. The minimum absolute atomic E-state index is 0.150. The number of imidazole rings is 1. The molecule has 0 fully saturated rings. The van der Waals surface area contributed by atoms with Gasteiger partial charge in [-0.05, 0) is 60.7 Å². The second kappa shape index (κ2) is 11.4. The first-order chi connectivity index (χ1) is 16.9. The Morgan fingerprint density at radius 1 is 0.886 bits per heavy atom. The maximum absolute atomic E-state index is 13.5. The van der Waals surface area contributed by atoms with E-state index in [4.69, 9.17) is 23.2 Å². The summed E-state index contributed by atoms with van der Waals surface area (Å²) >= 11 is 11.9. The molecule has 4 rings (SSSR count). The van der Waals surface area contributed by atoms with Gasteiger partial charge in [0.25, 0.3) is 0 Å². The second-order valence-electron chi connectivity index (χ2n) is 7.65. The number of rotatable bonds is 11. The van der Waals surface area contributed by atoms with Crippen LogP contribution in [-0.2, 0) is 16.4 Å². The van der Waals surface area contributed by atoms with E-state index in [1.807, 2.05) is 24.3 Å². The summed E-state index contributed by atoms with van der Waals surface area (Å²) in [4.78, 5) is 8.60. The average molecular weight is 531 g/mol. The van der Waals surface area contributed by atoms with E-state index in [2.05, 4.69) is 25.9 Å². The molecule has 0 bridgehead atoms. The molecule has 3 N–H and O–H groups in total. The Labute approximate surface area is 214 Å². The van der Waals surface area contributed by atoms with Crippen molar-refractivity contribution in [3.05, 3.63) is 95.6 Å². The summed E-state index contributed by atoms with van der Waals surface area (Å²) < 4.78 is 28.8. The zero-order valence-electron chi connectivity index (χ0n) is 18.6. The molecule has 0 amide bonds. The molecule has 35 heavy (non-hydrogen) atoms. The summed E-state index contributed by atoms with van der Waals surface area (Å²) in [6, 6.07) is 17.1. The van der Waals surface area contributed by atoms with Gasteiger partial charge in [0.1, 0.15) is 5.82 Å². The highest BCUT2D eigenvalue weighted by Gasteiger charge is 2.29. The average Bonchev–Trinajstić information content (AvgIpc) is 3.37. The van der Waals surface area contributed by atoms with Crippen molar-refractivity contribution in [2.75, 3.05) is 29.0 Å². The summed E-state index contributed by atoms with van der Waals surface area (Å²) in [7, 11) is -3.77. The van der Waals surface area contributed by atoms with E-state index in [0.29, 0.717) is 34.6 Å². The lowest BCUT2D eigenvalue weighted by Gasteiger charge is -2.22. The largest absolute Gasteiger partial charge is 0.383 e. The Morgan fingerprint density at radius 2 is 1.57 bits per heavy atom. The van der Waals surface area contributed by atoms with Gasteiger partial charge >= 0.3 is 0 Å². The molecule has 0 spiro atoms. The van der Waals surface area contributed by atoms with Crippen molar-refractivity contribution < 1.29 is 8.42 Å². The molecule has 4 aromatic rings. The SMILES string of the molecule is O=S(=O)(c1ccc(Cl)cc1)C(Cn1ccnc1)Nc1cccnc1NCCNc1ccc(Cl)cc1. The number of pyridine rings is 1. The van der Waals surface area contributed by atoms with Crippen molar-refractivity contribution in [1.82, 2.24) is 14.5 Å². The zero-order chi connectivity index (χ0) is 24.7. The molecule has 2 heterocycles. The fourth-order valence-electron chi connectivity index (χ4n) is 3.39. The molecule has 8 nitrogen and oxygen atoms in total. The standard InChI is InChI=1S/C24H24Cl2N6O2S/c25-18-3-7-20(8-4-18)28-12-13-30-24-22(2-1-11-29-24)31-23(16-32-15-14-27-17-32)35(33,34)21-9-5-19(26)6-10-21/h1-11,14-15,17,23,28,31H,12-13,16H2,(H,29,30). The number of sulfone groups is 1. The molecular formula is C24H24Cl2N6O2S. The fourth-order valence-corrected chi connectivity index (χ4v) is 5.13. The molecule has 1 atom stereocenters. The lowest BCUT2D eigenvalue weighted by Crippen LogP contribution is -2.34. The monoisotopic (exact) mass is 530 g/mol. The molecule has 182 valence electrons. The fraction of sp³-hybridized carbons (Fsp3) is 0.167. The smallest absolute Gasteiger partial charge is 0.200 e. The number of nitrogens with zero attached hydrogens (tertiary/aromatic N) is 3. The Morgan fingerprint density at radius 3 is 2.26 bits per heavy atom. The number of benzene rings is 2. The first-order valence-electron chi connectivity index (χ1n) is 10.8. The number of nitrogens with one attached hydrogen (secondary N) is 3. The predicted molar refractivity (Wildman–Crippen MR) is 141 cm³/mol. The van der Waals surface area contributed by atoms with Gasteiger partial charge in [-0.15, -0.1) is 0 Å². The van der Waals surface area contributed by atoms with Crippen LogP contribution in [0.5, 0.6) is 0 Å². The first kappa shape index (κ1) is 24.8. The van der Waals surface area contributed by atoms with Crippen LogP contribution in [0.4, 0.5) is 17.2 Å². The summed E-state index contributed by atoms with van der Waals surface area (Å²) in [6.45, 7) is 1.33. The maximum Gasteiger partial charge on any atom is 0.200 e. The highest BCUT2D eigenvalue weighted by atomic mass is 35.5. The van der Waals surface area contributed by atoms with Crippen LogP contribution in [-0.4, -0.2) is 41.4 Å². The van der Waals surface area contributed by atoms with Crippen LogP contribution in [0.1, 0.15) is 0 Å². The van der Waals surface area contributed by atoms with Gasteiger partial charge in [0.2, 0.25) is 9.84 Å². The molecule has 0 aliphatic carbocycles. The third-order valence-electron chi connectivity index (χ3n) is 5.17. The van der Waals surface area contributed by atoms with Crippen molar-refractivity contribution in [3.63, 3.8) is 0 Å².